The molecule has 0 aliphatic carbocycles. The summed E-state index contributed by atoms with van der Waals surface area (Å²) in [4.78, 5) is 21.7. The van der Waals surface area contributed by atoms with Crippen LogP contribution in [-0.2, 0) is 0 Å². The molecule has 2 aromatic heterocycles. The normalized spacial score (nSPS) is 10.0. The number of hydrogen-bond acceptors (Lipinski definition) is 5. The lowest BCUT2D eigenvalue weighted by Crippen LogP contribution is -2.20. The van der Waals surface area contributed by atoms with Gasteiger partial charge in [0, 0.05) is 20.3 Å². The third-order valence-electron chi connectivity index (χ3n) is 2.10. The molecule has 2 heterocycles. The van der Waals surface area contributed by atoms with Crippen LogP contribution in [0.25, 0.3) is 0 Å². The SMILES string of the molecule is CN(C)c1ncccc1C(=O)Nc1ncn[nH]1. The number of H-pyrrole nitrogens is 1. The molecule has 88 valence electrons. The molecule has 7 nitrogen and oxygen atoms in total. The molecule has 0 atom stereocenters. The predicted octanol–water partition coefficient (Wildman–Crippen LogP) is 0.518. The van der Waals surface area contributed by atoms with Gasteiger partial charge in [-0.15, -0.1) is 0 Å². The van der Waals surface area contributed by atoms with Crippen molar-refractivity contribution in [3.63, 3.8) is 0 Å². The summed E-state index contributed by atoms with van der Waals surface area (Å²) in [5.41, 5.74) is 0.480. The highest BCUT2D eigenvalue weighted by Gasteiger charge is 2.14. The van der Waals surface area contributed by atoms with Gasteiger partial charge >= 0.3 is 0 Å². The average Bonchev–Trinajstić information content (AvgIpc) is 2.81. The molecule has 0 unspecified atom stereocenters. The third-order valence-corrected chi connectivity index (χ3v) is 2.10. The van der Waals surface area contributed by atoms with Gasteiger partial charge in [-0.25, -0.2) is 10.1 Å². The zero-order chi connectivity index (χ0) is 12.3. The van der Waals surface area contributed by atoms with Crippen molar-refractivity contribution >= 4 is 17.7 Å². The van der Waals surface area contributed by atoms with E-state index in [0.717, 1.165) is 0 Å². The number of rotatable bonds is 3. The van der Waals surface area contributed by atoms with Gasteiger partial charge in [0.15, 0.2) is 0 Å². The Kier molecular flexibility index (Phi) is 2.99. The van der Waals surface area contributed by atoms with Crippen LogP contribution >= 0.6 is 0 Å². The highest BCUT2D eigenvalue weighted by Crippen LogP contribution is 2.15. The second-order valence-corrected chi connectivity index (χ2v) is 3.56. The van der Waals surface area contributed by atoms with Crippen molar-refractivity contribution in [1.82, 2.24) is 20.2 Å². The van der Waals surface area contributed by atoms with E-state index in [1.807, 2.05) is 14.1 Å². The fourth-order valence-electron chi connectivity index (χ4n) is 1.37. The molecule has 2 rings (SSSR count). The van der Waals surface area contributed by atoms with E-state index in [0.29, 0.717) is 17.3 Å². The van der Waals surface area contributed by atoms with Crippen molar-refractivity contribution < 1.29 is 4.79 Å². The number of carbonyl (C=O) groups excluding carboxylic acids is 1. The van der Waals surface area contributed by atoms with Gasteiger partial charge in [0.1, 0.15) is 12.1 Å². The summed E-state index contributed by atoms with van der Waals surface area (Å²) in [5, 5.41) is 8.81. The van der Waals surface area contributed by atoms with Crippen molar-refractivity contribution in [2.24, 2.45) is 0 Å². The Morgan fingerprint density at radius 2 is 2.24 bits per heavy atom. The molecule has 0 aliphatic rings. The number of amides is 1. The molecule has 0 fully saturated rings. The first-order chi connectivity index (χ1) is 8.18. The van der Waals surface area contributed by atoms with Gasteiger partial charge in [0.2, 0.25) is 5.95 Å². The number of anilines is 2. The van der Waals surface area contributed by atoms with Crippen LogP contribution in [0.15, 0.2) is 24.7 Å². The summed E-state index contributed by atoms with van der Waals surface area (Å²) in [6.07, 6.45) is 2.96. The van der Waals surface area contributed by atoms with E-state index in [4.69, 9.17) is 0 Å². The number of pyridine rings is 1. The lowest BCUT2D eigenvalue weighted by molar-refractivity contribution is 0.102. The van der Waals surface area contributed by atoms with Gasteiger partial charge in [-0.05, 0) is 12.1 Å². The lowest BCUT2D eigenvalue weighted by atomic mass is 10.2. The highest BCUT2D eigenvalue weighted by molar-refractivity contribution is 6.06. The second-order valence-electron chi connectivity index (χ2n) is 3.56. The zero-order valence-electron chi connectivity index (χ0n) is 9.51. The molecule has 1 amide bonds. The molecule has 7 heteroatoms. The van der Waals surface area contributed by atoms with Crippen LogP contribution in [0, 0.1) is 0 Å². The van der Waals surface area contributed by atoms with Gasteiger partial charge in [0.25, 0.3) is 5.91 Å². The minimum atomic E-state index is -0.279. The number of nitrogens with zero attached hydrogens (tertiary/aromatic N) is 4. The fraction of sp³-hybridized carbons (Fsp3) is 0.200. The Hall–Kier alpha value is -2.44. The molecule has 17 heavy (non-hydrogen) atoms. The standard InChI is InChI=1S/C10H12N6O/c1-16(2)8-7(4-3-5-11-8)9(17)14-10-12-6-13-15-10/h3-6H,1-2H3,(H2,12,13,14,15,17). The van der Waals surface area contributed by atoms with Crippen LogP contribution in [0.4, 0.5) is 11.8 Å². The number of aromatic amines is 1. The zero-order valence-corrected chi connectivity index (χ0v) is 9.51. The Morgan fingerprint density at radius 1 is 1.41 bits per heavy atom. The van der Waals surface area contributed by atoms with Crippen molar-refractivity contribution in [1.29, 1.82) is 0 Å². The van der Waals surface area contributed by atoms with Crippen LogP contribution < -0.4 is 10.2 Å². The van der Waals surface area contributed by atoms with Gasteiger partial charge < -0.3 is 4.90 Å². The Balaban J connectivity index is 2.25. The van der Waals surface area contributed by atoms with E-state index in [2.05, 4.69) is 25.5 Å². The van der Waals surface area contributed by atoms with Gasteiger partial charge in [0.05, 0.1) is 5.56 Å². The summed E-state index contributed by atoms with van der Waals surface area (Å²) in [7, 11) is 3.65. The summed E-state index contributed by atoms with van der Waals surface area (Å²) in [6, 6.07) is 3.41. The fourth-order valence-corrected chi connectivity index (χ4v) is 1.37. The van der Waals surface area contributed by atoms with Crippen LogP contribution in [0.5, 0.6) is 0 Å². The first-order valence-electron chi connectivity index (χ1n) is 4.97. The van der Waals surface area contributed by atoms with Crippen molar-refractivity contribution in [3.05, 3.63) is 30.2 Å². The van der Waals surface area contributed by atoms with E-state index < -0.39 is 0 Å². The van der Waals surface area contributed by atoms with Crippen LogP contribution in [0.1, 0.15) is 10.4 Å². The summed E-state index contributed by atoms with van der Waals surface area (Å²) in [5.74, 6) is 0.631. The topological polar surface area (TPSA) is 86.8 Å². The summed E-state index contributed by atoms with van der Waals surface area (Å²) in [6.45, 7) is 0. The van der Waals surface area contributed by atoms with E-state index in [-0.39, 0.29) is 5.91 Å². The maximum Gasteiger partial charge on any atom is 0.261 e. The first kappa shape index (κ1) is 11.1. The molecule has 0 saturated heterocycles. The molecule has 0 saturated carbocycles. The van der Waals surface area contributed by atoms with Crippen molar-refractivity contribution in [2.75, 3.05) is 24.3 Å². The Labute approximate surface area is 97.9 Å². The quantitative estimate of drug-likeness (QED) is 0.805. The third kappa shape index (κ3) is 2.39. The lowest BCUT2D eigenvalue weighted by Gasteiger charge is -2.14. The van der Waals surface area contributed by atoms with Crippen molar-refractivity contribution in [2.45, 2.75) is 0 Å². The minimum absolute atomic E-state index is 0.279. The summed E-state index contributed by atoms with van der Waals surface area (Å²) >= 11 is 0. The molecule has 0 aliphatic heterocycles. The number of hydrogen-bond donors (Lipinski definition) is 2. The first-order valence-corrected chi connectivity index (χ1v) is 4.97. The van der Waals surface area contributed by atoms with Crippen LogP contribution in [0.2, 0.25) is 0 Å². The molecule has 2 N–H and O–H groups in total. The largest absolute Gasteiger partial charge is 0.362 e. The Morgan fingerprint density at radius 3 is 2.88 bits per heavy atom. The molecular weight excluding hydrogens is 220 g/mol. The predicted molar refractivity (Wildman–Crippen MR) is 62.9 cm³/mol. The summed E-state index contributed by atoms with van der Waals surface area (Å²) < 4.78 is 0. The smallest absolute Gasteiger partial charge is 0.261 e. The maximum atomic E-state index is 12.0. The molecular formula is C10H12N6O. The number of carbonyl (C=O) groups is 1. The van der Waals surface area contributed by atoms with Crippen LogP contribution in [-0.4, -0.2) is 40.2 Å². The molecule has 0 spiro atoms. The molecule has 0 bridgehead atoms. The number of nitrogens with one attached hydrogen (secondary N) is 2. The highest BCUT2D eigenvalue weighted by atomic mass is 16.1. The van der Waals surface area contributed by atoms with E-state index >= 15 is 0 Å². The van der Waals surface area contributed by atoms with Crippen LogP contribution in [0.3, 0.4) is 0 Å². The molecule has 2 aromatic rings. The van der Waals surface area contributed by atoms with Crippen molar-refractivity contribution in [3.8, 4) is 0 Å². The van der Waals surface area contributed by atoms with E-state index in [9.17, 15) is 4.79 Å². The molecule has 0 radical (unpaired) electrons. The maximum absolute atomic E-state index is 12.0. The molecule has 0 aromatic carbocycles. The van der Waals surface area contributed by atoms with Gasteiger partial charge in [-0.1, -0.05) is 0 Å². The second kappa shape index (κ2) is 4.60. The monoisotopic (exact) mass is 232 g/mol. The van der Waals surface area contributed by atoms with Gasteiger partial charge in [-0.3, -0.25) is 10.1 Å². The van der Waals surface area contributed by atoms with Gasteiger partial charge in [-0.2, -0.15) is 10.1 Å². The number of aromatic nitrogens is 4. The minimum Gasteiger partial charge on any atom is -0.362 e. The van der Waals surface area contributed by atoms with E-state index in [1.54, 1.807) is 23.2 Å². The average molecular weight is 232 g/mol. The Bertz CT molecular complexity index is 507. The van der Waals surface area contributed by atoms with E-state index in [1.165, 1.54) is 6.33 Å².